The average Bonchev–Trinajstić information content (AvgIpc) is 2.96. The lowest BCUT2D eigenvalue weighted by atomic mass is 10.2. The minimum atomic E-state index is -0.258. The molecule has 2 aromatic heterocycles. The van der Waals surface area contributed by atoms with Gasteiger partial charge < -0.3 is 4.42 Å². The second kappa shape index (κ2) is 6.58. The molecule has 3 aromatic rings. The van der Waals surface area contributed by atoms with E-state index in [9.17, 15) is 4.79 Å². The Morgan fingerprint density at radius 3 is 2.74 bits per heavy atom. The average molecular weight is 329 g/mol. The third-order valence-electron chi connectivity index (χ3n) is 3.03. The van der Waals surface area contributed by atoms with Crippen LogP contribution in [0.3, 0.4) is 0 Å². The predicted molar refractivity (Wildman–Crippen MR) is 86.1 cm³/mol. The highest BCUT2D eigenvalue weighted by atomic mass is 35.5. The van der Waals surface area contributed by atoms with Crippen molar-refractivity contribution in [2.45, 2.75) is 13.3 Å². The molecule has 0 radical (unpaired) electrons. The molecule has 0 aliphatic rings. The van der Waals surface area contributed by atoms with Gasteiger partial charge in [-0.2, -0.15) is 0 Å². The number of nitrogens with one attached hydrogen (secondary N) is 1. The maximum Gasteiger partial charge on any atom is 0.232 e. The molecule has 1 N–H and O–H groups in total. The Hall–Kier alpha value is -2.73. The van der Waals surface area contributed by atoms with E-state index in [1.54, 1.807) is 36.5 Å². The Bertz CT molecular complexity index is 830. The zero-order chi connectivity index (χ0) is 16.2. The maximum absolute atomic E-state index is 12.0. The van der Waals surface area contributed by atoms with Gasteiger partial charge in [-0.15, -0.1) is 0 Å². The fraction of sp³-hybridized carbons (Fsp3) is 0.125. The summed E-state index contributed by atoms with van der Waals surface area (Å²) in [7, 11) is 0. The van der Waals surface area contributed by atoms with Crippen molar-refractivity contribution < 1.29 is 9.21 Å². The molecule has 0 atom stereocenters. The number of rotatable bonds is 4. The summed E-state index contributed by atoms with van der Waals surface area (Å²) in [5.74, 6) is 0.458. The van der Waals surface area contributed by atoms with E-state index >= 15 is 0 Å². The molecule has 0 fully saturated rings. The number of anilines is 1. The first-order valence-corrected chi connectivity index (χ1v) is 7.28. The van der Waals surface area contributed by atoms with Crippen LogP contribution in [0.5, 0.6) is 0 Å². The molecule has 1 aromatic carbocycles. The van der Waals surface area contributed by atoms with Gasteiger partial charge in [0.15, 0.2) is 0 Å². The zero-order valence-electron chi connectivity index (χ0n) is 12.3. The van der Waals surface area contributed by atoms with Crippen LogP contribution in [0.15, 0.2) is 47.2 Å². The van der Waals surface area contributed by atoms with Crippen LogP contribution in [0.4, 0.5) is 5.95 Å². The Labute approximate surface area is 137 Å². The van der Waals surface area contributed by atoms with E-state index in [0.29, 0.717) is 16.6 Å². The van der Waals surface area contributed by atoms with Crippen molar-refractivity contribution in [1.29, 1.82) is 0 Å². The van der Waals surface area contributed by atoms with E-state index in [1.807, 2.05) is 6.92 Å². The van der Waals surface area contributed by atoms with Gasteiger partial charge in [-0.1, -0.05) is 11.6 Å². The summed E-state index contributed by atoms with van der Waals surface area (Å²) in [5.41, 5.74) is 2.10. The van der Waals surface area contributed by atoms with Crippen LogP contribution in [-0.4, -0.2) is 20.9 Å². The highest BCUT2D eigenvalue weighted by molar-refractivity contribution is 6.30. The number of benzene rings is 1. The second-order valence-corrected chi connectivity index (χ2v) is 5.33. The van der Waals surface area contributed by atoms with Gasteiger partial charge in [0, 0.05) is 22.5 Å². The minimum Gasteiger partial charge on any atom is -0.444 e. The van der Waals surface area contributed by atoms with Crippen LogP contribution < -0.4 is 5.32 Å². The van der Waals surface area contributed by atoms with E-state index in [4.69, 9.17) is 16.0 Å². The van der Waals surface area contributed by atoms with E-state index in [2.05, 4.69) is 20.3 Å². The van der Waals surface area contributed by atoms with E-state index in [-0.39, 0.29) is 18.3 Å². The van der Waals surface area contributed by atoms with Crippen molar-refractivity contribution in [3.63, 3.8) is 0 Å². The highest BCUT2D eigenvalue weighted by Crippen LogP contribution is 2.21. The number of carbonyl (C=O) groups is 1. The molecule has 0 saturated heterocycles. The first-order chi connectivity index (χ1) is 11.1. The number of amides is 1. The first kappa shape index (κ1) is 15.2. The van der Waals surface area contributed by atoms with Gasteiger partial charge in [-0.05, 0) is 37.3 Å². The number of aromatic nitrogens is 3. The smallest absolute Gasteiger partial charge is 0.232 e. The second-order valence-electron chi connectivity index (χ2n) is 4.90. The molecule has 0 saturated carbocycles. The molecule has 0 aliphatic carbocycles. The molecule has 116 valence electrons. The Morgan fingerprint density at radius 1 is 1.22 bits per heavy atom. The van der Waals surface area contributed by atoms with Gasteiger partial charge in [0.25, 0.3) is 0 Å². The van der Waals surface area contributed by atoms with Crippen LogP contribution >= 0.6 is 11.6 Å². The standard InChI is InChI=1S/C16H13ClN4O2/c1-10-6-7-18-16(19-10)21-14(22)8-13-9-23-15(20-13)11-2-4-12(17)5-3-11/h2-7,9H,8H2,1H3,(H,18,19,21,22). The summed E-state index contributed by atoms with van der Waals surface area (Å²) < 4.78 is 5.40. The number of carbonyl (C=O) groups excluding carboxylic acids is 1. The number of hydrogen-bond acceptors (Lipinski definition) is 5. The Balaban J connectivity index is 1.66. The molecule has 23 heavy (non-hydrogen) atoms. The summed E-state index contributed by atoms with van der Waals surface area (Å²) in [4.78, 5) is 24.4. The summed E-state index contributed by atoms with van der Waals surface area (Å²) in [5, 5.41) is 3.26. The van der Waals surface area contributed by atoms with Gasteiger partial charge in [0.1, 0.15) is 6.26 Å². The molecule has 1 amide bonds. The van der Waals surface area contributed by atoms with Crippen LogP contribution in [0.2, 0.25) is 5.02 Å². The van der Waals surface area contributed by atoms with Crippen molar-refractivity contribution in [3.8, 4) is 11.5 Å². The SMILES string of the molecule is Cc1ccnc(NC(=O)Cc2coc(-c3ccc(Cl)cc3)n2)n1. The van der Waals surface area contributed by atoms with E-state index in [0.717, 1.165) is 11.3 Å². The highest BCUT2D eigenvalue weighted by Gasteiger charge is 2.11. The van der Waals surface area contributed by atoms with Gasteiger partial charge in [0.2, 0.25) is 17.7 Å². The summed E-state index contributed by atoms with van der Waals surface area (Å²) in [6.07, 6.45) is 3.13. The molecule has 0 spiro atoms. The molecule has 2 heterocycles. The minimum absolute atomic E-state index is 0.0778. The van der Waals surface area contributed by atoms with Crippen molar-refractivity contribution in [2.75, 3.05) is 5.32 Å². The lowest BCUT2D eigenvalue weighted by Gasteiger charge is -2.02. The van der Waals surface area contributed by atoms with Gasteiger partial charge in [-0.3, -0.25) is 10.1 Å². The topological polar surface area (TPSA) is 80.9 Å². The van der Waals surface area contributed by atoms with Gasteiger partial charge in [0.05, 0.1) is 12.1 Å². The van der Waals surface area contributed by atoms with Crippen molar-refractivity contribution in [2.24, 2.45) is 0 Å². The monoisotopic (exact) mass is 328 g/mol. The van der Waals surface area contributed by atoms with E-state index < -0.39 is 0 Å². The predicted octanol–water partition coefficient (Wildman–Crippen LogP) is 3.27. The molecule has 7 heteroatoms. The van der Waals surface area contributed by atoms with Gasteiger partial charge in [-0.25, -0.2) is 15.0 Å². The number of aryl methyl sites for hydroxylation is 1. The fourth-order valence-corrected chi connectivity index (χ4v) is 2.08. The number of hydrogen-bond donors (Lipinski definition) is 1. The normalized spacial score (nSPS) is 10.5. The Kier molecular flexibility index (Phi) is 4.34. The number of halogens is 1. The van der Waals surface area contributed by atoms with E-state index in [1.165, 1.54) is 6.26 Å². The molecule has 6 nitrogen and oxygen atoms in total. The van der Waals surface area contributed by atoms with Crippen LogP contribution in [0.1, 0.15) is 11.4 Å². The van der Waals surface area contributed by atoms with Crippen molar-refractivity contribution in [1.82, 2.24) is 15.0 Å². The van der Waals surface area contributed by atoms with Crippen molar-refractivity contribution >= 4 is 23.5 Å². The lowest BCUT2D eigenvalue weighted by Crippen LogP contribution is -2.16. The molecular formula is C16H13ClN4O2. The first-order valence-electron chi connectivity index (χ1n) is 6.90. The lowest BCUT2D eigenvalue weighted by molar-refractivity contribution is -0.115. The number of oxazole rings is 1. The molecule has 0 aliphatic heterocycles. The third kappa shape index (κ3) is 3.92. The molecule has 3 rings (SSSR count). The van der Waals surface area contributed by atoms with Crippen molar-refractivity contribution in [3.05, 3.63) is 59.2 Å². The quantitative estimate of drug-likeness (QED) is 0.795. The maximum atomic E-state index is 12.0. The fourth-order valence-electron chi connectivity index (χ4n) is 1.96. The largest absolute Gasteiger partial charge is 0.444 e. The van der Waals surface area contributed by atoms with Crippen LogP contribution in [0, 0.1) is 6.92 Å². The summed E-state index contributed by atoms with van der Waals surface area (Å²) in [6, 6.07) is 8.87. The van der Waals surface area contributed by atoms with Crippen LogP contribution in [-0.2, 0) is 11.2 Å². The molecule has 0 unspecified atom stereocenters. The van der Waals surface area contributed by atoms with Crippen LogP contribution in [0.25, 0.3) is 11.5 Å². The van der Waals surface area contributed by atoms with Gasteiger partial charge >= 0.3 is 0 Å². The summed E-state index contributed by atoms with van der Waals surface area (Å²) >= 11 is 5.85. The third-order valence-corrected chi connectivity index (χ3v) is 3.28. The number of nitrogens with zero attached hydrogens (tertiary/aromatic N) is 3. The molecule has 0 bridgehead atoms. The zero-order valence-corrected chi connectivity index (χ0v) is 13.0. The summed E-state index contributed by atoms with van der Waals surface area (Å²) in [6.45, 7) is 1.83. The Morgan fingerprint density at radius 2 is 2.00 bits per heavy atom. The molecular weight excluding hydrogens is 316 g/mol.